The highest BCUT2D eigenvalue weighted by atomic mass is 35.5. The van der Waals surface area contributed by atoms with Crippen molar-refractivity contribution in [3.8, 4) is 22.1 Å². The fourth-order valence-corrected chi connectivity index (χ4v) is 4.06. The van der Waals surface area contributed by atoms with Crippen molar-refractivity contribution in [1.82, 2.24) is 4.98 Å². The summed E-state index contributed by atoms with van der Waals surface area (Å²) >= 11 is 7.62. The minimum absolute atomic E-state index is 0.129. The number of carbonyl (C=O) groups excluding carboxylic acids is 1. The van der Waals surface area contributed by atoms with E-state index in [9.17, 15) is 4.79 Å². The van der Waals surface area contributed by atoms with Gasteiger partial charge in [0, 0.05) is 10.6 Å². The van der Waals surface area contributed by atoms with E-state index in [0.717, 1.165) is 26.4 Å². The Labute approximate surface area is 183 Å². The molecule has 0 aliphatic heterocycles. The molecule has 5 nitrogen and oxygen atoms in total. The number of halogens is 1. The number of carbonyl (C=O) groups is 1. The molecule has 152 valence electrons. The van der Waals surface area contributed by atoms with Gasteiger partial charge in [-0.3, -0.25) is 4.79 Å². The lowest BCUT2D eigenvalue weighted by Gasteiger charge is -2.12. The minimum Gasteiger partial charge on any atom is -0.495 e. The molecule has 1 heterocycles. The van der Waals surface area contributed by atoms with Gasteiger partial charge in [0.15, 0.2) is 6.61 Å². The number of ether oxygens (including phenoxy) is 2. The number of anilines is 1. The van der Waals surface area contributed by atoms with Gasteiger partial charge in [0.2, 0.25) is 0 Å². The fraction of sp³-hybridized carbons (Fsp3) is 0.130. The Morgan fingerprint density at radius 3 is 2.73 bits per heavy atom. The number of fused-ring (bicyclic) bond motifs is 1. The number of nitrogens with one attached hydrogen (secondary N) is 1. The van der Waals surface area contributed by atoms with E-state index in [0.29, 0.717) is 22.2 Å². The molecule has 0 bridgehead atoms. The summed E-state index contributed by atoms with van der Waals surface area (Å²) in [6.07, 6.45) is 0. The van der Waals surface area contributed by atoms with E-state index in [1.165, 1.54) is 0 Å². The van der Waals surface area contributed by atoms with E-state index in [2.05, 4.69) is 10.3 Å². The van der Waals surface area contributed by atoms with Gasteiger partial charge in [0.1, 0.15) is 16.5 Å². The third-order valence-electron chi connectivity index (χ3n) is 4.51. The van der Waals surface area contributed by atoms with Crippen molar-refractivity contribution in [2.45, 2.75) is 6.92 Å². The Morgan fingerprint density at radius 2 is 1.97 bits per heavy atom. The lowest BCUT2D eigenvalue weighted by molar-refractivity contribution is -0.118. The van der Waals surface area contributed by atoms with Crippen molar-refractivity contribution in [3.63, 3.8) is 0 Å². The van der Waals surface area contributed by atoms with Crippen LogP contribution in [0.1, 0.15) is 5.56 Å². The molecule has 0 radical (unpaired) electrons. The van der Waals surface area contributed by atoms with Crippen molar-refractivity contribution in [2.24, 2.45) is 0 Å². The topological polar surface area (TPSA) is 60.5 Å². The van der Waals surface area contributed by atoms with Gasteiger partial charge in [0.05, 0.1) is 23.0 Å². The van der Waals surface area contributed by atoms with Crippen LogP contribution < -0.4 is 14.8 Å². The molecule has 0 atom stereocenters. The minimum atomic E-state index is -0.289. The molecule has 1 amide bonds. The van der Waals surface area contributed by atoms with Crippen LogP contribution in [0.15, 0.2) is 60.7 Å². The Morgan fingerprint density at radius 1 is 1.13 bits per heavy atom. The van der Waals surface area contributed by atoms with Crippen molar-refractivity contribution < 1.29 is 14.3 Å². The van der Waals surface area contributed by atoms with Gasteiger partial charge in [-0.1, -0.05) is 23.7 Å². The summed E-state index contributed by atoms with van der Waals surface area (Å²) in [7, 11) is 1.56. The zero-order valence-electron chi connectivity index (χ0n) is 16.4. The number of nitrogens with zero attached hydrogens (tertiary/aromatic N) is 1. The molecule has 0 fully saturated rings. The number of aromatic nitrogens is 1. The third-order valence-corrected chi connectivity index (χ3v) is 6.02. The number of hydrogen-bond acceptors (Lipinski definition) is 5. The molecule has 30 heavy (non-hydrogen) atoms. The molecular weight excluding hydrogens is 420 g/mol. The van der Waals surface area contributed by atoms with E-state index < -0.39 is 0 Å². The number of hydrogen-bond donors (Lipinski definition) is 1. The maximum atomic E-state index is 12.5. The van der Waals surface area contributed by atoms with E-state index in [1.807, 2.05) is 49.4 Å². The van der Waals surface area contributed by atoms with E-state index >= 15 is 0 Å². The zero-order chi connectivity index (χ0) is 21.1. The van der Waals surface area contributed by atoms with Gasteiger partial charge < -0.3 is 14.8 Å². The molecule has 1 N–H and O–H groups in total. The first-order chi connectivity index (χ1) is 14.5. The molecule has 0 aliphatic carbocycles. The number of methoxy groups -OCH3 is 1. The van der Waals surface area contributed by atoms with Gasteiger partial charge in [-0.25, -0.2) is 4.98 Å². The Balaban J connectivity index is 1.51. The second-order valence-electron chi connectivity index (χ2n) is 6.65. The summed E-state index contributed by atoms with van der Waals surface area (Å²) in [6.45, 7) is 1.75. The molecule has 3 aromatic carbocycles. The van der Waals surface area contributed by atoms with Crippen LogP contribution in [0, 0.1) is 6.92 Å². The highest BCUT2D eigenvalue weighted by molar-refractivity contribution is 7.21. The molecule has 7 heteroatoms. The van der Waals surface area contributed by atoms with Crippen LogP contribution >= 0.6 is 22.9 Å². The number of para-hydroxylation sites is 1. The summed E-state index contributed by atoms with van der Waals surface area (Å²) in [6, 6.07) is 18.9. The lowest BCUT2D eigenvalue weighted by Crippen LogP contribution is -2.20. The van der Waals surface area contributed by atoms with Gasteiger partial charge in [-0.2, -0.15) is 0 Å². The molecule has 0 saturated carbocycles. The Bertz CT molecular complexity index is 1190. The maximum absolute atomic E-state index is 12.5. The standard InChI is InChI=1S/C23H19ClN2O3S/c1-14-11-16(8-9-17(14)24)29-13-22(27)25-19-12-15(7-10-20(19)28-2)23-26-18-5-3-4-6-21(18)30-23/h3-12H,13H2,1-2H3,(H,25,27). The second kappa shape index (κ2) is 8.73. The number of rotatable bonds is 6. The summed E-state index contributed by atoms with van der Waals surface area (Å²) in [5.41, 5.74) is 3.31. The maximum Gasteiger partial charge on any atom is 0.262 e. The first-order valence-electron chi connectivity index (χ1n) is 9.26. The van der Waals surface area contributed by atoms with E-state index in [-0.39, 0.29) is 12.5 Å². The van der Waals surface area contributed by atoms with Crippen LogP contribution in [0.2, 0.25) is 5.02 Å². The average Bonchev–Trinajstić information content (AvgIpc) is 3.19. The summed E-state index contributed by atoms with van der Waals surface area (Å²) < 4.78 is 12.1. The average molecular weight is 439 g/mol. The van der Waals surface area contributed by atoms with Gasteiger partial charge >= 0.3 is 0 Å². The van der Waals surface area contributed by atoms with E-state index in [1.54, 1.807) is 36.6 Å². The normalized spacial score (nSPS) is 10.8. The molecule has 0 unspecified atom stereocenters. The number of thiazole rings is 1. The van der Waals surface area contributed by atoms with Crippen LogP contribution in [-0.2, 0) is 4.79 Å². The predicted octanol–water partition coefficient (Wildman–Crippen LogP) is 5.95. The van der Waals surface area contributed by atoms with Gasteiger partial charge in [-0.05, 0) is 61.0 Å². The van der Waals surface area contributed by atoms with Crippen LogP contribution in [0.4, 0.5) is 5.69 Å². The SMILES string of the molecule is COc1ccc(-c2nc3ccccc3s2)cc1NC(=O)COc1ccc(Cl)c(C)c1. The largest absolute Gasteiger partial charge is 0.495 e. The van der Waals surface area contributed by atoms with Crippen molar-refractivity contribution >= 4 is 44.7 Å². The molecule has 0 aliphatic rings. The van der Waals surface area contributed by atoms with Gasteiger partial charge in [0.25, 0.3) is 5.91 Å². The quantitative estimate of drug-likeness (QED) is 0.404. The molecule has 0 saturated heterocycles. The van der Waals surface area contributed by atoms with Crippen LogP contribution in [-0.4, -0.2) is 24.6 Å². The molecule has 4 aromatic rings. The monoisotopic (exact) mass is 438 g/mol. The summed E-state index contributed by atoms with van der Waals surface area (Å²) in [4.78, 5) is 17.1. The zero-order valence-corrected chi connectivity index (χ0v) is 18.0. The number of benzene rings is 3. The summed E-state index contributed by atoms with van der Waals surface area (Å²) in [5, 5.41) is 4.40. The fourth-order valence-electron chi connectivity index (χ4n) is 2.98. The van der Waals surface area contributed by atoms with Crippen molar-refractivity contribution in [1.29, 1.82) is 0 Å². The highest BCUT2D eigenvalue weighted by Gasteiger charge is 2.13. The first kappa shape index (κ1) is 20.2. The molecule has 4 rings (SSSR count). The number of amides is 1. The predicted molar refractivity (Wildman–Crippen MR) is 122 cm³/mol. The highest BCUT2D eigenvalue weighted by Crippen LogP contribution is 2.34. The van der Waals surface area contributed by atoms with E-state index in [4.69, 9.17) is 21.1 Å². The Hall–Kier alpha value is -3.09. The third kappa shape index (κ3) is 4.40. The molecule has 0 spiro atoms. The Kier molecular flexibility index (Phi) is 5.88. The van der Waals surface area contributed by atoms with Crippen molar-refractivity contribution in [3.05, 3.63) is 71.2 Å². The van der Waals surface area contributed by atoms with Gasteiger partial charge in [-0.15, -0.1) is 11.3 Å². The molecular formula is C23H19ClN2O3S. The molecule has 1 aromatic heterocycles. The lowest BCUT2D eigenvalue weighted by atomic mass is 10.2. The second-order valence-corrected chi connectivity index (χ2v) is 8.09. The van der Waals surface area contributed by atoms with Crippen LogP contribution in [0.3, 0.4) is 0 Å². The van der Waals surface area contributed by atoms with Crippen LogP contribution in [0.5, 0.6) is 11.5 Å². The first-order valence-corrected chi connectivity index (χ1v) is 10.5. The van der Waals surface area contributed by atoms with Crippen LogP contribution in [0.25, 0.3) is 20.8 Å². The summed E-state index contributed by atoms with van der Waals surface area (Å²) in [5.74, 6) is 0.861. The number of aryl methyl sites for hydroxylation is 1. The smallest absolute Gasteiger partial charge is 0.262 e. The van der Waals surface area contributed by atoms with Crippen molar-refractivity contribution in [2.75, 3.05) is 19.0 Å².